The van der Waals surface area contributed by atoms with Gasteiger partial charge in [0.1, 0.15) is 0 Å². The maximum Gasteiger partial charge on any atom is 0.363 e. The molecule has 1 heterocycles. The lowest BCUT2D eigenvalue weighted by atomic mass is 10.2. The zero-order valence-electron chi connectivity index (χ0n) is 11.9. The van der Waals surface area contributed by atoms with E-state index in [1.54, 1.807) is 6.07 Å². The molecule has 1 unspecified atom stereocenters. The van der Waals surface area contributed by atoms with Gasteiger partial charge in [0.2, 0.25) is 0 Å². The van der Waals surface area contributed by atoms with Crippen LogP contribution in [0.2, 0.25) is 0 Å². The molecule has 0 amide bonds. The van der Waals surface area contributed by atoms with E-state index in [1.165, 1.54) is 12.3 Å². The molecule has 1 aromatic heterocycles. The first kappa shape index (κ1) is 15.9. The predicted molar refractivity (Wildman–Crippen MR) is 81.5 cm³/mol. The summed E-state index contributed by atoms with van der Waals surface area (Å²) in [6.45, 7) is 0.910. The highest BCUT2D eigenvalue weighted by Crippen LogP contribution is 2.11. The van der Waals surface area contributed by atoms with Crippen LogP contribution >= 0.6 is 0 Å². The van der Waals surface area contributed by atoms with Gasteiger partial charge >= 0.3 is 5.82 Å². The number of rotatable bonds is 8. The SMILES string of the molecule is O=[N+]([O-])c1ccc(NCC(O)COCc2ccccc2)cn1. The van der Waals surface area contributed by atoms with E-state index in [4.69, 9.17) is 4.74 Å². The van der Waals surface area contributed by atoms with Crippen LogP contribution in [-0.4, -0.2) is 34.3 Å². The molecular weight excluding hydrogens is 286 g/mol. The van der Waals surface area contributed by atoms with Gasteiger partial charge in [0.25, 0.3) is 0 Å². The molecule has 0 fully saturated rings. The molecule has 0 saturated carbocycles. The third kappa shape index (κ3) is 5.12. The molecule has 0 aliphatic rings. The molecule has 0 bridgehead atoms. The fourth-order valence-electron chi connectivity index (χ4n) is 1.78. The van der Waals surface area contributed by atoms with Crippen LogP contribution in [0.15, 0.2) is 48.7 Å². The van der Waals surface area contributed by atoms with Crippen LogP contribution in [0.4, 0.5) is 11.5 Å². The Morgan fingerprint density at radius 3 is 2.68 bits per heavy atom. The first-order chi connectivity index (χ1) is 10.6. The minimum Gasteiger partial charge on any atom is -0.389 e. The summed E-state index contributed by atoms with van der Waals surface area (Å²) in [5.74, 6) is -0.211. The number of nitrogens with one attached hydrogen (secondary N) is 1. The van der Waals surface area contributed by atoms with Crippen LogP contribution in [0.1, 0.15) is 5.56 Å². The van der Waals surface area contributed by atoms with Crippen molar-refractivity contribution in [2.45, 2.75) is 12.7 Å². The van der Waals surface area contributed by atoms with Crippen LogP contribution in [-0.2, 0) is 11.3 Å². The van der Waals surface area contributed by atoms with E-state index in [9.17, 15) is 15.2 Å². The lowest BCUT2D eigenvalue weighted by Crippen LogP contribution is -2.24. The summed E-state index contributed by atoms with van der Waals surface area (Å²) in [7, 11) is 0. The van der Waals surface area contributed by atoms with E-state index in [0.29, 0.717) is 12.3 Å². The smallest absolute Gasteiger partial charge is 0.363 e. The van der Waals surface area contributed by atoms with Gasteiger partial charge in [-0.05, 0) is 21.5 Å². The van der Waals surface area contributed by atoms with Crippen LogP contribution in [0.5, 0.6) is 0 Å². The monoisotopic (exact) mass is 303 g/mol. The van der Waals surface area contributed by atoms with E-state index in [0.717, 1.165) is 5.56 Å². The minimum absolute atomic E-state index is 0.197. The number of aromatic nitrogens is 1. The average molecular weight is 303 g/mol. The molecule has 0 radical (unpaired) electrons. The summed E-state index contributed by atoms with van der Waals surface area (Å²) in [4.78, 5) is 13.6. The van der Waals surface area contributed by atoms with Crippen LogP contribution in [0.3, 0.4) is 0 Å². The molecule has 0 aliphatic heterocycles. The third-order valence-electron chi connectivity index (χ3n) is 2.90. The topological polar surface area (TPSA) is 97.5 Å². The number of benzene rings is 1. The minimum atomic E-state index is -0.682. The number of aliphatic hydroxyl groups is 1. The number of nitro groups is 1. The first-order valence-electron chi connectivity index (χ1n) is 6.79. The Morgan fingerprint density at radius 1 is 1.27 bits per heavy atom. The Kier molecular flexibility index (Phi) is 5.81. The highest BCUT2D eigenvalue weighted by Gasteiger charge is 2.08. The van der Waals surface area contributed by atoms with Crippen molar-refractivity contribution in [3.8, 4) is 0 Å². The molecule has 2 N–H and O–H groups in total. The summed E-state index contributed by atoms with van der Waals surface area (Å²) in [6.07, 6.45) is 0.675. The quantitative estimate of drug-likeness (QED) is 0.571. The lowest BCUT2D eigenvalue weighted by Gasteiger charge is -2.12. The summed E-state index contributed by atoms with van der Waals surface area (Å²) < 4.78 is 5.43. The maximum absolute atomic E-state index is 10.5. The second-order valence-corrected chi connectivity index (χ2v) is 4.70. The number of aliphatic hydroxyl groups excluding tert-OH is 1. The summed E-state index contributed by atoms with van der Waals surface area (Å²) in [6, 6.07) is 12.5. The van der Waals surface area contributed by atoms with Gasteiger partial charge in [-0.25, -0.2) is 0 Å². The van der Waals surface area contributed by atoms with Crippen molar-refractivity contribution < 1.29 is 14.8 Å². The molecule has 22 heavy (non-hydrogen) atoms. The highest BCUT2D eigenvalue weighted by molar-refractivity contribution is 5.43. The maximum atomic E-state index is 10.5. The summed E-state index contributed by atoms with van der Waals surface area (Å²) >= 11 is 0. The number of pyridine rings is 1. The molecule has 2 aromatic rings. The normalized spacial score (nSPS) is 11.9. The number of hydrogen-bond donors (Lipinski definition) is 2. The average Bonchev–Trinajstić information content (AvgIpc) is 2.54. The van der Waals surface area contributed by atoms with Gasteiger partial charge in [-0.1, -0.05) is 30.3 Å². The van der Waals surface area contributed by atoms with E-state index in [1.807, 2.05) is 30.3 Å². The molecular formula is C15H17N3O4. The van der Waals surface area contributed by atoms with Crippen molar-refractivity contribution in [3.05, 3.63) is 64.3 Å². The molecule has 2 rings (SSSR count). The second kappa shape index (κ2) is 8.06. The van der Waals surface area contributed by atoms with Crippen molar-refractivity contribution in [2.24, 2.45) is 0 Å². The third-order valence-corrected chi connectivity index (χ3v) is 2.90. The molecule has 7 nitrogen and oxygen atoms in total. The largest absolute Gasteiger partial charge is 0.389 e. The molecule has 7 heteroatoms. The van der Waals surface area contributed by atoms with Gasteiger partial charge in [0.05, 0.1) is 25.0 Å². The molecule has 0 aliphatic carbocycles. The van der Waals surface area contributed by atoms with Crippen molar-refractivity contribution in [1.29, 1.82) is 0 Å². The number of hydrogen-bond acceptors (Lipinski definition) is 6. The Labute approximate surface area is 127 Å². The number of nitrogens with zero attached hydrogens (tertiary/aromatic N) is 2. The van der Waals surface area contributed by atoms with Crippen molar-refractivity contribution in [1.82, 2.24) is 4.98 Å². The Morgan fingerprint density at radius 2 is 2.05 bits per heavy atom. The van der Waals surface area contributed by atoms with Crippen LogP contribution < -0.4 is 5.32 Å². The Balaban J connectivity index is 1.69. The van der Waals surface area contributed by atoms with E-state index in [2.05, 4.69) is 10.3 Å². The van der Waals surface area contributed by atoms with E-state index >= 15 is 0 Å². The van der Waals surface area contributed by atoms with Gasteiger partial charge in [0.15, 0.2) is 6.20 Å². The highest BCUT2D eigenvalue weighted by atomic mass is 16.6. The van der Waals surface area contributed by atoms with Gasteiger partial charge in [-0.15, -0.1) is 0 Å². The Hall–Kier alpha value is -2.51. The zero-order chi connectivity index (χ0) is 15.8. The van der Waals surface area contributed by atoms with Gasteiger partial charge < -0.3 is 25.3 Å². The second-order valence-electron chi connectivity index (χ2n) is 4.70. The first-order valence-corrected chi connectivity index (χ1v) is 6.79. The summed E-state index contributed by atoms with van der Waals surface area (Å²) in [5, 5.41) is 23.2. The molecule has 0 saturated heterocycles. The van der Waals surface area contributed by atoms with Gasteiger partial charge in [0, 0.05) is 12.6 Å². The lowest BCUT2D eigenvalue weighted by molar-refractivity contribution is -0.389. The molecule has 1 aromatic carbocycles. The van der Waals surface area contributed by atoms with Crippen molar-refractivity contribution in [2.75, 3.05) is 18.5 Å². The van der Waals surface area contributed by atoms with Crippen molar-refractivity contribution in [3.63, 3.8) is 0 Å². The molecule has 0 spiro atoms. The zero-order valence-corrected chi connectivity index (χ0v) is 11.9. The van der Waals surface area contributed by atoms with Crippen LogP contribution in [0.25, 0.3) is 0 Å². The predicted octanol–water partition coefficient (Wildman–Crippen LogP) is 1.98. The van der Waals surface area contributed by atoms with Crippen LogP contribution in [0, 0.1) is 10.1 Å². The number of anilines is 1. The van der Waals surface area contributed by atoms with Gasteiger partial charge in [-0.3, -0.25) is 0 Å². The fraction of sp³-hybridized carbons (Fsp3) is 0.267. The fourth-order valence-corrected chi connectivity index (χ4v) is 1.78. The van der Waals surface area contributed by atoms with E-state index in [-0.39, 0.29) is 19.0 Å². The Bertz CT molecular complexity index is 589. The number of ether oxygens (including phenoxy) is 1. The molecule has 116 valence electrons. The summed E-state index contributed by atoms with van der Waals surface area (Å²) in [5.41, 5.74) is 1.65. The van der Waals surface area contributed by atoms with Gasteiger partial charge in [-0.2, -0.15) is 0 Å². The van der Waals surface area contributed by atoms with Crippen molar-refractivity contribution >= 4 is 11.5 Å². The van der Waals surface area contributed by atoms with E-state index < -0.39 is 11.0 Å². The molecule has 1 atom stereocenters. The standard InChI is InChI=1S/C15H17N3O4/c19-14(11-22-10-12-4-2-1-3-5-12)9-16-13-6-7-15(17-8-13)18(20)21/h1-8,14,16,19H,9-11H2.